The van der Waals surface area contributed by atoms with E-state index in [4.69, 9.17) is 0 Å². The third-order valence-electron chi connectivity index (χ3n) is 4.34. The lowest BCUT2D eigenvalue weighted by molar-refractivity contribution is -0.113. The zero-order chi connectivity index (χ0) is 22.4. The van der Waals surface area contributed by atoms with E-state index in [1.54, 1.807) is 30.5 Å². The number of nitrogens with zero attached hydrogens (tertiary/aromatic N) is 2. The number of aromatic nitrogens is 2. The molecule has 0 aliphatic heterocycles. The van der Waals surface area contributed by atoms with Gasteiger partial charge in [0.05, 0.1) is 11.5 Å². The SMILES string of the molecule is CCCS(=O)(=O)Nc1ccc(NC(=O)CSc2nccn2-c2cc(C)cc(C)c2)cc1. The molecule has 2 N–H and O–H groups in total. The lowest BCUT2D eigenvalue weighted by Crippen LogP contribution is -2.16. The monoisotopic (exact) mass is 458 g/mol. The molecule has 0 unspecified atom stereocenters. The first kappa shape index (κ1) is 22.9. The number of imidazole rings is 1. The Morgan fingerprint density at radius 1 is 1.06 bits per heavy atom. The Morgan fingerprint density at radius 3 is 2.35 bits per heavy atom. The van der Waals surface area contributed by atoms with E-state index in [0.717, 1.165) is 22.0 Å². The molecule has 0 aliphatic rings. The fourth-order valence-electron chi connectivity index (χ4n) is 3.13. The largest absolute Gasteiger partial charge is 0.325 e. The highest BCUT2D eigenvalue weighted by Crippen LogP contribution is 2.23. The lowest BCUT2D eigenvalue weighted by atomic mass is 10.1. The molecular weight excluding hydrogens is 432 g/mol. The van der Waals surface area contributed by atoms with E-state index in [1.165, 1.54) is 11.8 Å². The fourth-order valence-corrected chi connectivity index (χ4v) is 5.04. The van der Waals surface area contributed by atoms with Gasteiger partial charge in [-0.25, -0.2) is 13.4 Å². The minimum atomic E-state index is -3.34. The van der Waals surface area contributed by atoms with Crippen molar-refractivity contribution < 1.29 is 13.2 Å². The third-order valence-corrected chi connectivity index (χ3v) is 6.80. The number of hydrogen-bond donors (Lipinski definition) is 2. The number of amides is 1. The van der Waals surface area contributed by atoms with Crippen molar-refractivity contribution in [1.29, 1.82) is 0 Å². The number of sulfonamides is 1. The zero-order valence-electron chi connectivity index (χ0n) is 17.8. The molecule has 31 heavy (non-hydrogen) atoms. The van der Waals surface area contributed by atoms with Crippen molar-refractivity contribution in [2.75, 3.05) is 21.5 Å². The van der Waals surface area contributed by atoms with Crippen molar-refractivity contribution in [2.24, 2.45) is 0 Å². The van der Waals surface area contributed by atoms with Gasteiger partial charge in [-0.15, -0.1) is 0 Å². The Balaban J connectivity index is 1.58. The number of benzene rings is 2. The van der Waals surface area contributed by atoms with E-state index >= 15 is 0 Å². The zero-order valence-corrected chi connectivity index (χ0v) is 19.4. The molecule has 1 aromatic heterocycles. The number of nitrogens with one attached hydrogen (secondary N) is 2. The van der Waals surface area contributed by atoms with E-state index in [-0.39, 0.29) is 17.4 Å². The van der Waals surface area contributed by atoms with Gasteiger partial charge in [-0.2, -0.15) is 0 Å². The summed E-state index contributed by atoms with van der Waals surface area (Å²) in [4.78, 5) is 16.8. The summed E-state index contributed by atoms with van der Waals surface area (Å²) in [7, 11) is -3.34. The number of rotatable bonds is 9. The summed E-state index contributed by atoms with van der Waals surface area (Å²) in [5, 5.41) is 3.56. The van der Waals surface area contributed by atoms with Gasteiger partial charge >= 0.3 is 0 Å². The van der Waals surface area contributed by atoms with E-state index in [9.17, 15) is 13.2 Å². The maximum absolute atomic E-state index is 12.4. The minimum absolute atomic E-state index is 0.0700. The van der Waals surface area contributed by atoms with Crippen molar-refractivity contribution in [2.45, 2.75) is 32.3 Å². The second kappa shape index (κ2) is 10.0. The summed E-state index contributed by atoms with van der Waals surface area (Å²) >= 11 is 1.35. The highest BCUT2D eigenvalue weighted by molar-refractivity contribution is 7.99. The summed E-state index contributed by atoms with van der Waals surface area (Å²) in [5.74, 6) is 0.104. The van der Waals surface area contributed by atoms with Crippen LogP contribution in [0.2, 0.25) is 0 Å². The molecule has 2 aromatic carbocycles. The van der Waals surface area contributed by atoms with Crippen molar-refractivity contribution in [3.05, 3.63) is 66.0 Å². The van der Waals surface area contributed by atoms with E-state index in [2.05, 4.69) is 33.2 Å². The van der Waals surface area contributed by atoms with Crippen LogP contribution in [0, 0.1) is 13.8 Å². The van der Waals surface area contributed by atoms with Crippen molar-refractivity contribution in [3.63, 3.8) is 0 Å². The molecule has 3 rings (SSSR count). The maximum atomic E-state index is 12.4. The molecule has 0 saturated carbocycles. The van der Waals surface area contributed by atoms with Gasteiger partial charge in [0, 0.05) is 29.5 Å². The molecule has 0 fully saturated rings. The van der Waals surface area contributed by atoms with Crippen LogP contribution in [0.3, 0.4) is 0 Å². The summed E-state index contributed by atoms with van der Waals surface area (Å²) < 4.78 is 28.2. The van der Waals surface area contributed by atoms with Crippen LogP contribution < -0.4 is 10.0 Å². The second-order valence-electron chi connectivity index (χ2n) is 7.26. The predicted octanol–water partition coefficient (Wildman–Crippen LogP) is 4.37. The molecular formula is C22H26N4O3S2. The molecule has 7 nitrogen and oxygen atoms in total. The average molecular weight is 459 g/mol. The summed E-state index contributed by atoms with van der Waals surface area (Å²) in [6.45, 7) is 5.91. The Kier molecular flexibility index (Phi) is 7.40. The van der Waals surface area contributed by atoms with Gasteiger partial charge in [-0.3, -0.25) is 14.1 Å². The van der Waals surface area contributed by atoms with Gasteiger partial charge in [0.15, 0.2) is 5.16 Å². The highest BCUT2D eigenvalue weighted by atomic mass is 32.2. The smallest absolute Gasteiger partial charge is 0.234 e. The van der Waals surface area contributed by atoms with Crippen LogP contribution in [-0.2, 0) is 14.8 Å². The van der Waals surface area contributed by atoms with E-state index in [0.29, 0.717) is 17.8 Å². The summed E-state index contributed by atoms with van der Waals surface area (Å²) in [6.07, 6.45) is 4.14. The van der Waals surface area contributed by atoms with Crippen LogP contribution in [-0.4, -0.2) is 35.4 Å². The van der Waals surface area contributed by atoms with Crippen LogP contribution in [0.5, 0.6) is 0 Å². The number of hydrogen-bond acceptors (Lipinski definition) is 5. The molecule has 9 heteroatoms. The van der Waals surface area contributed by atoms with Gasteiger partial charge in [0.25, 0.3) is 0 Å². The quantitative estimate of drug-likeness (QED) is 0.465. The predicted molar refractivity (Wildman–Crippen MR) is 127 cm³/mol. The number of thioether (sulfide) groups is 1. The molecule has 0 aliphatic carbocycles. The van der Waals surface area contributed by atoms with Gasteiger partial charge < -0.3 is 5.32 Å². The molecule has 3 aromatic rings. The molecule has 0 spiro atoms. The molecule has 0 bridgehead atoms. The number of carbonyl (C=O) groups excluding carboxylic acids is 1. The Labute approximate surface area is 187 Å². The van der Waals surface area contributed by atoms with Gasteiger partial charge in [-0.05, 0) is 67.8 Å². The van der Waals surface area contributed by atoms with E-state index < -0.39 is 10.0 Å². The summed E-state index contributed by atoms with van der Waals surface area (Å²) in [5.41, 5.74) is 4.41. The summed E-state index contributed by atoms with van der Waals surface area (Å²) in [6, 6.07) is 12.9. The topological polar surface area (TPSA) is 93.1 Å². The number of carbonyl (C=O) groups is 1. The first-order chi connectivity index (χ1) is 14.8. The van der Waals surface area contributed by atoms with Crippen LogP contribution in [0.4, 0.5) is 11.4 Å². The number of aryl methyl sites for hydroxylation is 2. The second-order valence-corrected chi connectivity index (χ2v) is 10.0. The van der Waals surface area contributed by atoms with Crippen molar-refractivity contribution >= 4 is 39.1 Å². The molecule has 164 valence electrons. The van der Waals surface area contributed by atoms with Crippen LogP contribution in [0.15, 0.2) is 60.0 Å². The van der Waals surface area contributed by atoms with Crippen molar-refractivity contribution in [3.8, 4) is 5.69 Å². The lowest BCUT2D eigenvalue weighted by Gasteiger charge is -2.10. The number of anilines is 2. The van der Waals surface area contributed by atoms with Crippen LogP contribution in [0.25, 0.3) is 5.69 Å². The average Bonchev–Trinajstić information content (AvgIpc) is 3.15. The fraction of sp³-hybridized carbons (Fsp3) is 0.273. The van der Waals surface area contributed by atoms with Crippen LogP contribution in [0.1, 0.15) is 24.5 Å². The molecule has 0 atom stereocenters. The highest BCUT2D eigenvalue weighted by Gasteiger charge is 2.11. The normalized spacial score (nSPS) is 11.3. The molecule has 1 amide bonds. The third kappa shape index (κ3) is 6.60. The Bertz CT molecular complexity index is 1140. The van der Waals surface area contributed by atoms with Gasteiger partial charge in [0.1, 0.15) is 0 Å². The minimum Gasteiger partial charge on any atom is -0.325 e. The standard InChI is InChI=1S/C22H26N4O3S2/c1-4-11-31(28,29)25-19-7-5-18(6-8-19)24-21(27)15-30-22-23-9-10-26(22)20-13-16(2)12-17(3)14-20/h5-10,12-14,25H,4,11,15H2,1-3H3,(H,24,27). The van der Waals surface area contributed by atoms with Gasteiger partial charge in [-0.1, -0.05) is 24.8 Å². The first-order valence-corrected chi connectivity index (χ1v) is 12.5. The molecule has 0 radical (unpaired) electrons. The first-order valence-electron chi connectivity index (χ1n) is 9.91. The van der Waals surface area contributed by atoms with Crippen LogP contribution >= 0.6 is 11.8 Å². The van der Waals surface area contributed by atoms with E-state index in [1.807, 2.05) is 31.5 Å². The van der Waals surface area contributed by atoms with Crippen molar-refractivity contribution in [1.82, 2.24) is 9.55 Å². The Morgan fingerprint density at radius 2 is 1.71 bits per heavy atom. The Hall–Kier alpha value is -2.78. The maximum Gasteiger partial charge on any atom is 0.234 e. The van der Waals surface area contributed by atoms with Gasteiger partial charge in [0.2, 0.25) is 15.9 Å². The molecule has 0 saturated heterocycles. The molecule has 1 heterocycles.